The Kier molecular flexibility index (Phi) is 3.40. The van der Waals surface area contributed by atoms with Gasteiger partial charge in [-0.15, -0.1) is 0 Å². The molecule has 1 aromatic heterocycles. The minimum Gasteiger partial charge on any atom is -0.461 e. The van der Waals surface area contributed by atoms with Gasteiger partial charge in [0.1, 0.15) is 5.60 Å². The maximum absolute atomic E-state index is 14.1. The van der Waals surface area contributed by atoms with Crippen LogP contribution in [0.1, 0.15) is 38.2 Å². The van der Waals surface area contributed by atoms with Gasteiger partial charge >= 0.3 is 5.97 Å². The summed E-state index contributed by atoms with van der Waals surface area (Å²) in [6.45, 7) is 5.65. The van der Waals surface area contributed by atoms with E-state index in [1.165, 1.54) is 18.4 Å². The van der Waals surface area contributed by atoms with E-state index in [1.54, 1.807) is 20.8 Å². The van der Waals surface area contributed by atoms with E-state index in [0.29, 0.717) is 0 Å². The molecule has 0 aliphatic rings. The predicted molar refractivity (Wildman–Crippen MR) is 58.4 cm³/mol. The number of ketones is 1. The van der Waals surface area contributed by atoms with E-state index in [9.17, 15) is 14.0 Å². The van der Waals surface area contributed by atoms with Crippen molar-refractivity contribution in [2.45, 2.75) is 39.0 Å². The standard InChI is InChI=1S/C12H15FO4/c1-11(2,3)17-10(15)12(4,13)9(14)8-6-5-7-16-8/h5-7H,1-4H3/t12-/m0/s1. The van der Waals surface area contributed by atoms with Gasteiger partial charge in [-0.05, 0) is 39.8 Å². The van der Waals surface area contributed by atoms with Crippen LogP contribution in [0.3, 0.4) is 0 Å². The van der Waals surface area contributed by atoms with Crippen LogP contribution in [0.15, 0.2) is 22.8 Å². The summed E-state index contributed by atoms with van der Waals surface area (Å²) in [5, 5.41) is 0. The number of halogens is 1. The van der Waals surface area contributed by atoms with Gasteiger partial charge in [0.25, 0.3) is 5.67 Å². The Morgan fingerprint density at radius 3 is 2.29 bits per heavy atom. The average molecular weight is 242 g/mol. The molecule has 0 saturated carbocycles. The van der Waals surface area contributed by atoms with Gasteiger partial charge in [0, 0.05) is 0 Å². The zero-order valence-corrected chi connectivity index (χ0v) is 10.2. The van der Waals surface area contributed by atoms with Gasteiger partial charge in [0.2, 0.25) is 5.78 Å². The molecule has 0 N–H and O–H groups in total. The van der Waals surface area contributed by atoms with Crippen LogP contribution < -0.4 is 0 Å². The van der Waals surface area contributed by atoms with Crippen molar-refractivity contribution < 1.29 is 23.1 Å². The van der Waals surface area contributed by atoms with E-state index < -0.39 is 23.0 Å². The molecule has 94 valence electrons. The van der Waals surface area contributed by atoms with Gasteiger partial charge in [0.15, 0.2) is 5.76 Å². The number of carbonyl (C=O) groups is 2. The zero-order valence-electron chi connectivity index (χ0n) is 10.2. The van der Waals surface area contributed by atoms with E-state index >= 15 is 0 Å². The molecule has 0 radical (unpaired) electrons. The molecule has 0 aromatic carbocycles. The number of hydrogen-bond acceptors (Lipinski definition) is 4. The first kappa shape index (κ1) is 13.4. The summed E-state index contributed by atoms with van der Waals surface area (Å²) in [6, 6.07) is 2.74. The number of Topliss-reactive ketones (excluding diaryl/α,β-unsaturated/α-hetero) is 1. The number of ether oxygens (including phenoxy) is 1. The van der Waals surface area contributed by atoms with Crippen molar-refractivity contribution in [3.8, 4) is 0 Å². The monoisotopic (exact) mass is 242 g/mol. The van der Waals surface area contributed by atoms with Crippen LogP contribution in [0.4, 0.5) is 4.39 Å². The van der Waals surface area contributed by atoms with Crippen LogP contribution in [0.5, 0.6) is 0 Å². The summed E-state index contributed by atoms with van der Waals surface area (Å²) in [6.07, 6.45) is 1.23. The molecule has 0 bridgehead atoms. The van der Waals surface area contributed by atoms with E-state index in [-0.39, 0.29) is 5.76 Å². The minimum absolute atomic E-state index is 0.208. The third kappa shape index (κ3) is 3.15. The van der Waals surface area contributed by atoms with E-state index in [2.05, 4.69) is 0 Å². The highest BCUT2D eigenvalue weighted by Crippen LogP contribution is 2.22. The van der Waals surface area contributed by atoms with Crippen molar-refractivity contribution >= 4 is 11.8 Å². The Bertz CT molecular complexity index is 412. The number of rotatable bonds is 3. The summed E-state index contributed by atoms with van der Waals surface area (Å²) in [7, 11) is 0. The van der Waals surface area contributed by atoms with Gasteiger partial charge < -0.3 is 9.15 Å². The fourth-order valence-electron chi connectivity index (χ4n) is 1.11. The number of hydrogen-bond donors (Lipinski definition) is 0. The van der Waals surface area contributed by atoms with Gasteiger partial charge in [-0.25, -0.2) is 9.18 Å². The molecule has 0 aliphatic heterocycles. The SMILES string of the molecule is CC(C)(C)OC(=O)[C@@](C)(F)C(=O)c1ccco1. The molecule has 0 aliphatic carbocycles. The van der Waals surface area contributed by atoms with Gasteiger partial charge in [0.05, 0.1) is 6.26 Å². The summed E-state index contributed by atoms with van der Waals surface area (Å²) >= 11 is 0. The van der Waals surface area contributed by atoms with Gasteiger partial charge in [-0.3, -0.25) is 4.79 Å². The second-order valence-corrected chi connectivity index (χ2v) is 4.81. The molecular weight excluding hydrogens is 227 g/mol. The quantitative estimate of drug-likeness (QED) is 0.464. The first-order valence-corrected chi connectivity index (χ1v) is 5.15. The highest BCUT2D eigenvalue weighted by Gasteiger charge is 2.46. The summed E-state index contributed by atoms with van der Waals surface area (Å²) in [5.74, 6) is -2.47. The molecule has 1 atom stereocenters. The predicted octanol–water partition coefficient (Wildman–Crippen LogP) is 2.53. The molecule has 0 spiro atoms. The van der Waals surface area contributed by atoms with E-state index in [1.807, 2.05) is 0 Å². The maximum Gasteiger partial charge on any atom is 0.352 e. The Morgan fingerprint density at radius 2 is 1.88 bits per heavy atom. The first-order valence-electron chi connectivity index (χ1n) is 5.15. The second kappa shape index (κ2) is 4.31. The topological polar surface area (TPSA) is 56.5 Å². The smallest absolute Gasteiger partial charge is 0.352 e. The zero-order chi connectivity index (χ0) is 13.3. The van der Waals surface area contributed by atoms with Crippen LogP contribution in [0, 0.1) is 0 Å². The molecule has 5 heteroatoms. The molecular formula is C12H15FO4. The highest BCUT2D eigenvalue weighted by molar-refractivity contribution is 6.13. The third-order valence-corrected chi connectivity index (χ3v) is 1.95. The van der Waals surface area contributed by atoms with E-state index in [0.717, 1.165) is 6.92 Å². The molecule has 0 amide bonds. The lowest BCUT2D eigenvalue weighted by Gasteiger charge is -2.24. The number of esters is 1. The largest absolute Gasteiger partial charge is 0.461 e. The van der Waals surface area contributed by atoms with Crippen molar-refractivity contribution in [1.82, 2.24) is 0 Å². The Labute approximate surface area is 98.7 Å². The van der Waals surface area contributed by atoms with Gasteiger partial charge in [-0.2, -0.15) is 0 Å². The highest BCUT2D eigenvalue weighted by atomic mass is 19.1. The molecule has 0 unspecified atom stereocenters. The van der Waals surface area contributed by atoms with Gasteiger partial charge in [-0.1, -0.05) is 0 Å². The molecule has 1 heterocycles. The minimum atomic E-state index is -2.74. The van der Waals surface area contributed by atoms with Crippen molar-refractivity contribution in [2.75, 3.05) is 0 Å². The molecule has 0 saturated heterocycles. The van der Waals surface area contributed by atoms with Crippen LogP contribution in [-0.4, -0.2) is 23.0 Å². The maximum atomic E-state index is 14.1. The number of furan rings is 1. The molecule has 1 aromatic rings. The Balaban J connectivity index is 2.88. The van der Waals surface area contributed by atoms with Crippen molar-refractivity contribution in [3.05, 3.63) is 24.2 Å². The van der Waals surface area contributed by atoms with Crippen LogP contribution in [0.2, 0.25) is 0 Å². The fraction of sp³-hybridized carbons (Fsp3) is 0.500. The van der Waals surface area contributed by atoms with E-state index in [4.69, 9.17) is 9.15 Å². The van der Waals surface area contributed by atoms with Crippen molar-refractivity contribution in [2.24, 2.45) is 0 Å². The second-order valence-electron chi connectivity index (χ2n) is 4.81. The molecule has 1 rings (SSSR count). The van der Waals surface area contributed by atoms with Crippen LogP contribution >= 0.6 is 0 Å². The fourth-order valence-corrected chi connectivity index (χ4v) is 1.11. The molecule has 4 nitrogen and oxygen atoms in total. The lowest BCUT2D eigenvalue weighted by Crippen LogP contribution is -2.43. The van der Waals surface area contributed by atoms with Crippen molar-refractivity contribution in [3.63, 3.8) is 0 Å². The summed E-state index contributed by atoms with van der Waals surface area (Å²) < 4.78 is 23.7. The van der Waals surface area contributed by atoms with Crippen LogP contribution in [-0.2, 0) is 9.53 Å². The summed E-state index contributed by atoms with van der Waals surface area (Å²) in [5.41, 5.74) is -3.60. The lowest BCUT2D eigenvalue weighted by atomic mass is 10.0. The van der Waals surface area contributed by atoms with Crippen molar-refractivity contribution in [1.29, 1.82) is 0 Å². The molecule has 0 fully saturated rings. The number of carbonyl (C=O) groups excluding carboxylic acids is 2. The Morgan fingerprint density at radius 1 is 1.29 bits per heavy atom. The first-order chi connectivity index (χ1) is 7.64. The average Bonchev–Trinajstić information content (AvgIpc) is 2.66. The molecule has 17 heavy (non-hydrogen) atoms. The van der Waals surface area contributed by atoms with Crippen LogP contribution in [0.25, 0.3) is 0 Å². The third-order valence-electron chi connectivity index (χ3n) is 1.95. The summed E-state index contributed by atoms with van der Waals surface area (Å²) in [4.78, 5) is 23.2. The normalized spacial score (nSPS) is 15.1. The lowest BCUT2D eigenvalue weighted by molar-refractivity contribution is -0.164. The number of alkyl halides is 1. The Hall–Kier alpha value is -1.65.